The van der Waals surface area contributed by atoms with Crippen LogP contribution in [0.4, 0.5) is 18.9 Å². The van der Waals surface area contributed by atoms with Gasteiger partial charge in [-0.25, -0.2) is 0 Å². The van der Waals surface area contributed by atoms with Crippen LogP contribution in [-0.4, -0.2) is 23.2 Å². The summed E-state index contributed by atoms with van der Waals surface area (Å²) < 4.78 is 40.7. The van der Waals surface area contributed by atoms with Crippen LogP contribution in [-0.2, 0) is 15.0 Å². The first-order valence-corrected chi connectivity index (χ1v) is 10.8. The van der Waals surface area contributed by atoms with E-state index in [1.165, 1.54) is 30.3 Å². The van der Waals surface area contributed by atoms with Gasteiger partial charge in [0.1, 0.15) is 0 Å². The molecule has 0 radical (unpaired) electrons. The standard InChI is InChI=1S/C23H22Cl2F3NO3/c1-13(23(26,27)28)20(14-3-6-16(24)7-4-14)21(32)29-18-11-15(5-8-17(18)25)22(9-2-10-22)12-19(30)31/h3-8,11,13,20H,2,9-10,12H2,1H3,(H,29,32)(H,30,31). The molecule has 2 unspecified atom stereocenters. The van der Waals surface area contributed by atoms with E-state index in [9.17, 15) is 27.9 Å². The molecule has 32 heavy (non-hydrogen) atoms. The number of benzene rings is 2. The number of carboxylic acid groups (broad SMARTS) is 1. The smallest absolute Gasteiger partial charge is 0.392 e. The first-order chi connectivity index (χ1) is 14.9. The van der Waals surface area contributed by atoms with Gasteiger partial charge in [0.25, 0.3) is 0 Å². The summed E-state index contributed by atoms with van der Waals surface area (Å²) in [5.74, 6) is -5.29. The van der Waals surface area contributed by atoms with E-state index in [0.29, 0.717) is 23.4 Å². The van der Waals surface area contributed by atoms with Crippen LogP contribution in [0.25, 0.3) is 0 Å². The Morgan fingerprint density at radius 2 is 1.75 bits per heavy atom. The summed E-state index contributed by atoms with van der Waals surface area (Å²) in [6.45, 7) is 0.951. The molecule has 2 aromatic rings. The normalized spacial score (nSPS) is 17.2. The van der Waals surface area contributed by atoms with Gasteiger partial charge in [-0.15, -0.1) is 0 Å². The van der Waals surface area contributed by atoms with E-state index in [2.05, 4.69) is 5.32 Å². The fourth-order valence-corrected chi connectivity index (χ4v) is 4.44. The number of rotatable bonds is 7. The van der Waals surface area contributed by atoms with Gasteiger partial charge >= 0.3 is 12.1 Å². The van der Waals surface area contributed by atoms with Crippen LogP contribution < -0.4 is 5.32 Å². The van der Waals surface area contributed by atoms with Crippen LogP contribution in [0.2, 0.25) is 10.0 Å². The summed E-state index contributed by atoms with van der Waals surface area (Å²) in [6, 6.07) is 10.4. The molecule has 0 aliphatic heterocycles. The van der Waals surface area contributed by atoms with Gasteiger partial charge < -0.3 is 10.4 Å². The maximum absolute atomic E-state index is 13.6. The third kappa shape index (κ3) is 5.21. The van der Waals surface area contributed by atoms with Crippen molar-refractivity contribution < 1.29 is 27.9 Å². The Labute approximate surface area is 193 Å². The van der Waals surface area contributed by atoms with E-state index in [0.717, 1.165) is 13.3 Å². The topological polar surface area (TPSA) is 66.4 Å². The highest BCUT2D eigenvalue weighted by Crippen LogP contribution is 2.48. The molecule has 1 aliphatic rings. The minimum absolute atomic E-state index is 0.0689. The molecule has 0 saturated heterocycles. The van der Waals surface area contributed by atoms with E-state index in [1.54, 1.807) is 12.1 Å². The van der Waals surface area contributed by atoms with Crippen LogP contribution in [0.15, 0.2) is 42.5 Å². The van der Waals surface area contributed by atoms with Gasteiger partial charge in [0.15, 0.2) is 0 Å². The predicted octanol–water partition coefficient (Wildman–Crippen LogP) is 6.81. The lowest BCUT2D eigenvalue weighted by Gasteiger charge is -2.41. The Morgan fingerprint density at radius 3 is 2.25 bits per heavy atom. The number of hydrogen-bond acceptors (Lipinski definition) is 2. The van der Waals surface area contributed by atoms with Crippen LogP contribution in [0.3, 0.4) is 0 Å². The van der Waals surface area contributed by atoms with E-state index in [-0.39, 0.29) is 22.7 Å². The number of aliphatic carboxylic acids is 1. The molecule has 0 spiro atoms. The molecule has 0 aromatic heterocycles. The van der Waals surface area contributed by atoms with Crippen molar-refractivity contribution in [3.05, 3.63) is 63.6 Å². The summed E-state index contributed by atoms with van der Waals surface area (Å²) in [4.78, 5) is 24.4. The second kappa shape index (κ2) is 9.32. The molecular formula is C23H22Cl2F3NO3. The van der Waals surface area contributed by atoms with Crippen molar-refractivity contribution in [1.29, 1.82) is 0 Å². The first-order valence-electron chi connectivity index (χ1n) is 10.1. The number of carbonyl (C=O) groups excluding carboxylic acids is 1. The molecule has 2 aromatic carbocycles. The first kappa shape index (κ1) is 24.4. The number of alkyl halides is 3. The quantitative estimate of drug-likeness (QED) is 0.450. The number of carboxylic acids is 1. The van der Waals surface area contributed by atoms with Crippen molar-refractivity contribution in [2.75, 3.05) is 5.32 Å². The predicted molar refractivity (Wildman–Crippen MR) is 117 cm³/mol. The number of anilines is 1. The van der Waals surface area contributed by atoms with Crippen molar-refractivity contribution in [2.24, 2.45) is 5.92 Å². The van der Waals surface area contributed by atoms with Gasteiger partial charge in [-0.2, -0.15) is 13.2 Å². The third-order valence-electron chi connectivity index (χ3n) is 6.16. The van der Waals surface area contributed by atoms with Crippen molar-refractivity contribution in [3.8, 4) is 0 Å². The maximum Gasteiger partial charge on any atom is 0.392 e. The largest absolute Gasteiger partial charge is 0.481 e. The molecule has 2 atom stereocenters. The lowest BCUT2D eigenvalue weighted by Crippen LogP contribution is -2.37. The monoisotopic (exact) mass is 487 g/mol. The molecule has 1 amide bonds. The van der Waals surface area contributed by atoms with Crippen molar-refractivity contribution >= 4 is 40.8 Å². The fraction of sp³-hybridized carbons (Fsp3) is 0.391. The number of hydrogen-bond donors (Lipinski definition) is 2. The SMILES string of the molecule is CC(C(C(=O)Nc1cc(C2(CC(=O)O)CCC2)ccc1Cl)c1ccc(Cl)cc1)C(F)(F)F. The van der Waals surface area contributed by atoms with Crippen LogP contribution in [0.1, 0.15) is 49.7 Å². The number of halogens is 5. The molecule has 1 fully saturated rings. The summed E-state index contributed by atoms with van der Waals surface area (Å²) in [6.07, 6.45) is -2.45. The lowest BCUT2D eigenvalue weighted by atomic mass is 9.62. The number of carbonyl (C=O) groups is 2. The molecule has 172 valence electrons. The molecule has 0 heterocycles. The van der Waals surface area contributed by atoms with Crippen molar-refractivity contribution in [2.45, 2.75) is 50.1 Å². The molecule has 1 saturated carbocycles. The second-order valence-electron chi connectivity index (χ2n) is 8.25. The van der Waals surface area contributed by atoms with Crippen LogP contribution >= 0.6 is 23.2 Å². The Hall–Kier alpha value is -2.25. The Morgan fingerprint density at radius 1 is 1.12 bits per heavy atom. The Kier molecular flexibility index (Phi) is 7.10. The number of nitrogens with one attached hydrogen (secondary N) is 1. The summed E-state index contributed by atoms with van der Waals surface area (Å²) in [7, 11) is 0. The Bertz CT molecular complexity index is 1000. The minimum Gasteiger partial charge on any atom is -0.481 e. The summed E-state index contributed by atoms with van der Waals surface area (Å²) in [5, 5.41) is 12.3. The Balaban J connectivity index is 1.94. The summed E-state index contributed by atoms with van der Waals surface area (Å²) >= 11 is 12.1. The van der Waals surface area contributed by atoms with Gasteiger partial charge in [0, 0.05) is 10.4 Å². The van der Waals surface area contributed by atoms with Crippen LogP contribution in [0, 0.1) is 5.92 Å². The zero-order valence-corrected chi connectivity index (χ0v) is 18.7. The average Bonchev–Trinajstić information content (AvgIpc) is 2.67. The molecule has 3 rings (SSSR count). The van der Waals surface area contributed by atoms with E-state index in [4.69, 9.17) is 23.2 Å². The van der Waals surface area contributed by atoms with E-state index < -0.39 is 35.3 Å². The molecule has 4 nitrogen and oxygen atoms in total. The van der Waals surface area contributed by atoms with Gasteiger partial charge in [-0.05, 0) is 48.2 Å². The zero-order valence-electron chi connectivity index (χ0n) is 17.2. The fourth-order valence-electron chi connectivity index (χ4n) is 4.15. The molecule has 0 bridgehead atoms. The lowest BCUT2D eigenvalue weighted by molar-refractivity contribution is -0.178. The van der Waals surface area contributed by atoms with Gasteiger partial charge in [0.05, 0.1) is 29.0 Å². The molecule has 9 heteroatoms. The number of amides is 1. The minimum atomic E-state index is -4.61. The second-order valence-corrected chi connectivity index (χ2v) is 9.09. The average molecular weight is 488 g/mol. The molecule has 1 aliphatic carbocycles. The van der Waals surface area contributed by atoms with Gasteiger partial charge in [-0.1, -0.05) is 54.7 Å². The zero-order chi connectivity index (χ0) is 23.7. The van der Waals surface area contributed by atoms with Gasteiger partial charge in [-0.3, -0.25) is 9.59 Å². The highest BCUT2D eigenvalue weighted by Gasteiger charge is 2.45. The molecule has 2 N–H and O–H groups in total. The summed E-state index contributed by atoms with van der Waals surface area (Å²) in [5.41, 5.74) is 0.451. The van der Waals surface area contributed by atoms with Gasteiger partial charge in [0.2, 0.25) is 5.91 Å². The highest BCUT2D eigenvalue weighted by atomic mass is 35.5. The highest BCUT2D eigenvalue weighted by molar-refractivity contribution is 6.33. The molecular weight excluding hydrogens is 466 g/mol. The third-order valence-corrected chi connectivity index (χ3v) is 6.75. The van der Waals surface area contributed by atoms with Crippen molar-refractivity contribution in [1.82, 2.24) is 0 Å². The van der Waals surface area contributed by atoms with Crippen LogP contribution in [0.5, 0.6) is 0 Å². The van der Waals surface area contributed by atoms with Crippen molar-refractivity contribution in [3.63, 3.8) is 0 Å². The van der Waals surface area contributed by atoms with E-state index in [1.807, 2.05) is 0 Å². The maximum atomic E-state index is 13.6. The van der Waals surface area contributed by atoms with E-state index >= 15 is 0 Å².